The maximum atomic E-state index is 12.4. The van der Waals surface area contributed by atoms with Crippen molar-refractivity contribution in [2.45, 2.75) is 20.0 Å². The fraction of sp³-hybridized carbons (Fsp3) is 0.316. The molecule has 0 heterocycles. The Morgan fingerprint density at radius 3 is 2.58 bits per heavy atom. The zero-order chi connectivity index (χ0) is 17.7. The number of hydrogen-bond acceptors (Lipinski definition) is 4. The van der Waals surface area contributed by atoms with E-state index in [-0.39, 0.29) is 12.1 Å². The van der Waals surface area contributed by atoms with Crippen molar-refractivity contribution in [2.24, 2.45) is 0 Å². The predicted molar refractivity (Wildman–Crippen MR) is 100.0 cm³/mol. The van der Waals surface area contributed by atoms with Gasteiger partial charge in [0.2, 0.25) is 0 Å². The van der Waals surface area contributed by atoms with Crippen molar-refractivity contribution in [3.8, 4) is 11.1 Å². The fourth-order valence-electron chi connectivity index (χ4n) is 2.62. The highest BCUT2D eigenvalue weighted by molar-refractivity contribution is 6.30. The van der Waals surface area contributed by atoms with Gasteiger partial charge in [-0.05, 0) is 61.9 Å². The molecule has 1 atom stereocenters. The molecule has 0 aromatic heterocycles. The number of nitrogens with one attached hydrogen (secondary N) is 2. The number of halogens is 1. The molecule has 24 heavy (non-hydrogen) atoms. The van der Waals surface area contributed by atoms with Crippen molar-refractivity contribution in [1.82, 2.24) is 5.32 Å². The van der Waals surface area contributed by atoms with E-state index in [1.165, 1.54) is 0 Å². The van der Waals surface area contributed by atoms with Gasteiger partial charge in [-0.3, -0.25) is 0 Å². The molecular weight excluding hydrogens is 324 g/mol. The highest BCUT2D eigenvalue weighted by atomic mass is 35.5. The van der Waals surface area contributed by atoms with Gasteiger partial charge < -0.3 is 15.4 Å². The van der Waals surface area contributed by atoms with Crippen LogP contribution in [0.4, 0.5) is 5.69 Å². The third-order valence-corrected chi connectivity index (χ3v) is 4.04. The number of hydrogen-bond donors (Lipinski definition) is 2. The first-order valence-corrected chi connectivity index (χ1v) is 8.28. The number of esters is 1. The summed E-state index contributed by atoms with van der Waals surface area (Å²) in [5.41, 5.74) is 4.45. The van der Waals surface area contributed by atoms with Gasteiger partial charge in [-0.1, -0.05) is 23.7 Å². The van der Waals surface area contributed by atoms with Gasteiger partial charge in [-0.15, -0.1) is 0 Å². The number of anilines is 1. The van der Waals surface area contributed by atoms with Crippen LogP contribution in [0.3, 0.4) is 0 Å². The first-order valence-electron chi connectivity index (χ1n) is 7.90. The van der Waals surface area contributed by atoms with Crippen LogP contribution < -0.4 is 10.6 Å². The smallest absolute Gasteiger partial charge is 0.340 e. The Hall–Kier alpha value is -2.04. The van der Waals surface area contributed by atoms with E-state index in [0.29, 0.717) is 17.1 Å². The Balaban J connectivity index is 2.32. The van der Waals surface area contributed by atoms with Gasteiger partial charge >= 0.3 is 5.97 Å². The molecule has 0 aliphatic carbocycles. The molecule has 128 valence electrons. The molecular formula is C19H23ClN2O2. The van der Waals surface area contributed by atoms with Crippen molar-refractivity contribution in [1.29, 1.82) is 0 Å². The van der Waals surface area contributed by atoms with E-state index in [9.17, 15) is 4.79 Å². The summed E-state index contributed by atoms with van der Waals surface area (Å²) in [4.78, 5) is 12.4. The zero-order valence-corrected chi connectivity index (χ0v) is 15.2. The largest absolute Gasteiger partial charge is 0.458 e. The fourth-order valence-corrected chi connectivity index (χ4v) is 2.85. The maximum absolute atomic E-state index is 12.4. The average molecular weight is 347 g/mol. The van der Waals surface area contributed by atoms with E-state index in [0.717, 1.165) is 22.4 Å². The van der Waals surface area contributed by atoms with Crippen LogP contribution in [0.25, 0.3) is 11.1 Å². The molecule has 5 heteroatoms. The van der Waals surface area contributed by atoms with E-state index >= 15 is 0 Å². The summed E-state index contributed by atoms with van der Waals surface area (Å²) in [6, 6.07) is 11.5. The molecule has 0 amide bonds. The van der Waals surface area contributed by atoms with Gasteiger partial charge in [0.25, 0.3) is 0 Å². The number of ether oxygens (including phenoxy) is 1. The van der Waals surface area contributed by atoms with E-state index in [4.69, 9.17) is 16.3 Å². The number of likely N-dealkylation sites (N-methyl/N-ethyl adjacent to an activating group) is 1. The lowest BCUT2D eigenvalue weighted by Crippen LogP contribution is -2.26. The summed E-state index contributed by atoms with van der Waals surface area (Å²) in [6.07, 6.45) is -0.189. The summed E-state index contributed by atoms with van der Waals surface area (Å²) in [6.45, 7) is 4.49. The molecule has 0 bridgehead atoms. The summed E-state index contributed by atoms with van der Waals surface area (Å²) in [7, 11) is 3.62. The van der Waals surface area contributed by atoms with Gasteiger partial charge in [0.1, 0.15) is 6.10 Å². The summed E-state index contributed by atoms with van der Waals surface area (Å²) < 4.78 is 5.45. The molecule has 0 aliphatic heterocycles. The van der Waals surface area contributed by atoms with Crippen molar-refractivity contribution >= 4 is 23.3 Å². The minimum atomic E-state index is -0.332. The molecule has 4 nitrogen and oxygen atoms in total. The molecule has 0 saturated carbocycles. The van der Waals surface area contributed by atoms with Crippen LogP contribution in [0.5, 0.6) is 0 Å². The van der Waals surface area contributed by atoms with Gasteiger partial charge in [0, 0.05) is 24.3 Å². The molecule has 0 radical (unpaired) electrons. The van der Waals surface area contributed by atoms with Gasteiger partial charge in [0.15, 0.2) is 0 Å². The number of carbonyl (C=O) groups is 1. The second-order valence-corrected chi connectivity index (χ2v) is 6.18. The number of carbonyl (C=O) groups excluding carboxylic acids is 1. The molecule has 2 N–H and O–H groups in total. The molecule has 0 spiro atoms. The van der Waals surface area contributed by atoms with Crippen LogP contribution in [0.1, 0.15) is 22.8 Å². The maximum Gasteiger partial charge on any atom is 0.340 e. The Kier molecular flexibility index (Phi) is 6.23. The van der Waals surface area contributed by atoms with Gasteiger partial charge in [-0.25, -0.2) is 4.79 Å². The Bertz CT molecular complexity index is 731. The van der Waals surface area contributed by atoms with Crippen LogP contribution in [0.15, 0.2) is 36.4 Å². The summed E-state index contributed by atoms with van der Waals surface area (Å²) in [5, 5.41) is 6.78. The van der Waals surface area contributed by atoms with Crippen LogP contribution in [0, 0.1) is 6.92 Å². The van der Waals surface area contributed by atoms with E-state index < -0.39 is 0 Å². The second-order valence-electron chi connectivity index (χ2n) is 5.74. The van der Waals surface area contributed by atoms with Gasteiger partial charge in [0.05, 0.1) is 5.56 Å². The molecule has 2 aromatic rings. The van der Waals surface area contributed by atoms with Crippen molar-refractivity contribution in [3.05, 3.63) is 52.5 Å². The third kappa shape index (κ3) is 4.28. The first kappa shape index (κ1) is 18.3. The standard InChI is InChI=1S/C19H23ClN2O2/c1-12-9-15(20)6-8-16(12)14-5-7-17(18(10-14)22-4)19(23)24-13(2)11-21-3/h5-10,13,21-22H,11H2,1-4H3. The van der Waals surface area contributed by atoms with Crippen molar-refractivity contribution < 1.29 is 9.53 Å². The highest BCUT2D eigenvalue weighted by Gasteiger charge is 2.16. The zero-order valence-electron chi connectivity index (χ0n) is 14.4. The molecule has 0 aliphatic rings. The number of aryl methyl sites for hydroxylation is 1. The van der Waals surface area contributed by atoms with Crippen LogP contribution in [0.2, 0.25) is 5.02 Å². The second kappa shape index (κ2) is 8.18. The molecule has 2 rings (SSSR count). The monoisotopic (exact) mass is 346 g/mol. The molecule has 0 saturated heterocycles. The summed E-state index contributed by atoms with van der Waals surface area (Å²) >= 11 is 6.03. The van der Waals surface area contributed by atoms with E-state index in [1.807, 2.05) is 51.2 Å². The van der Waals surface area contributed by atoms with Crippen LogP contribution >= 0.6 is 11.6 Å². The Labute approximate surface area is 148 Å². The topological polar surface area (TPSA) is 50.4 Å². The molecule has 0 fully saturated rings. The average Bonchev–Trinajstić information content (AvgIpc) is 2.54. The van der Waals surface area contributed by atoms with Gasteiger partial charge in [-0.2, -0.15) is 0 Å². The lowest BCUT2D eigenvalue weighted by molar-refractivity contribution is 0.0347. The third-order valence-electron chi connectivity index (χ3n) is 3.81. The lowest BCUT2D eigenvalue weighted by atomic mass is 9.98. The Morgan fingerprint density at radius 2 is 1.96 bits per heavy atom. The first-order chi connectivity index (χ1) is 11.5. The number of benzene rings is 2. The normalized spacial score (nSPS) is 11.9. The Morgan fingerprint density at radius 1 is 1.21 bits per heavy atom. The molecule has 1 unspecified atom stereocenters. The number of rotatable bonds is 6. The van der Waals surface area contributed by atoms with E-state index in [1.54, 1.807) is 13.1 Å². The highest BCUT2D eigenvalue weighted by Crippen LogP contribution is 2.30. The minimum Gasteiger partial charge on any atom is -0.458 e. The van der Waals surface area contributed by atoms with Crippen molar-refractivity contribution in [3.63, 3.8) is 0 Å². The van der Waals surface area contributed by atoms with Crippen molar-refractivity contribution in [2.75, 3.05) is 26.0 Å². The molecule has 2 aromatic carbocycles. The van der Waals surface area contributed by atoms with E-state index in [2.05, 4.69) is 10.6 Å². The minimum absolute atomic E-state index is 0.189. The SMILES string of the molecule is CNCC(C)OC(=O)c1ccc(-c2ccc(Cl)cc2C)cc1NC. The quantitative estimate of drug-likeness (QED) is 0.772. The lowest BCUT2D eigenvalue weighted by Gasteiger charge is -2.16. The predicted octanol–water partition coefficient (Wildman–Crippen LogP) is 4.12. The van der Waals surface area contributed by atoms with Crippen LogP contribution in [-0.4, -0.2) is 32.7 Å². The van der Waals surface area contributed by atoms with Crippen LogP contribution in [-0.2, 0) is 4.74 Å². The summed E-state index contributed by atoms with van der Waals surface area (Å²) in [5.74, 6) is -0.332.